The lowest BCUT2D eigenvalue weighted by Crippen LogP contribution is -2.30. The van der Waals surface area contributed by atoms with Crippen LogP contribution in [0.15, 0.2) is 54.6 Å². The van der Waals surface area contributed by atoms with E-state index in [4.69, 9.17) is 14.2 Å². The molecule has 0 saturated carbocycles. The van der Waals surface area contributed by atoms with Crippen molar-refractivity contribution < 1.29 is 23.8 Å². The van der Waals surface area contributed by atoms with E-state index in [0.717, 1.165) is 22.1 Å². The van der Waals surface area contributed by atoms with Gasteiger partial charge in [0.15, 0.2) is 0 Å². The van der Waals surface area contributed by atoms with Crippen LogP contribution in [0.4, 0.5) is 21.0 Å². The van der Waals surface area contributed by atoms with Gasteiger partial charge in [0.2, 0.25) is 0 Å². The number of hydrogen-bond donors (Lipinski definition) is 2. The first kappa shape index (κ1) is 21.3. The number of nitrogens with one attached hydrogen (secondary N) is 2. The van der Waals surface area contributed by atoms with Crippen molar-refractivity contribution in [3.8, 4) is 11.5 Å². The van der Waals surface area contributed by atoms with Gasteiger partial charge in [-0.15, -0.1) is 0 Å². The van der Waals surface area contributed by atoms with Crippen LogP contribution in [0, 0.1) is 0 Å². The van der Waals surface area contributed by atoms with E-state index in [9.17, 15) is 9.59 Å². The molecule has 32 heavy (non-hydrogen) atoms. The Balaban J connectivity index is 1.38. The molecule has 4 rings (SSSR count). The van der Waals surface area contributed by atoms with Crippen molar-refractivity contribution >= 4 is 34.3 Å². The Labute approximate surface area is 186 Å². The molecule has 0 atom stereocenters. The molecule has 0 radical (unpaired) electrons. The summed E-state index contributed by atoms with van der Waals surface area (Å²) in [6.07, 6.45) is 0.268. The number of urea groups is 1. The summed E-state index contributed by atoms with van der Waals surface area (Å²) in [5.74, 6) is 1.31. The van der Waals surface area contributed by atoms with Crippen molar-refractivity contribution in [1.29, 1.82) is 0 Å². The second-order valence-electron chi connectivity index (χ2n) is 7.26. The van der Waals surface area contributed by atoms with E-state index >= 15 is 0 Å². The van der Waals surface area contributed by atoms with Gasteiger partial charge in [0.1, 0.15) is 18.1 Å². The second-order valence-corrected chi connectivity index (χ2v) is 7.26. The first-order valence-corrected chi connectivity index (χ1v) is 10.3. The van der Waals surface area contributed by atoms with Gasteiger partial charge in [0.05, 0.1) is 26.5 Å². The Kier molecular flexibility index (Phi) is 6.30. The molecular formula is C24H25N3O5. The molecule has 2 N–H and O–H groups in total. The van der Waals surface area contributed by atoms with Crippen LogP contribution in [-0.2, 0) is 11.2 Å². The van der Waals surface area contributed by atoms with Crippen LogP contribution in [0.2, 0.25) is 0 Å². The SMILES string of the molecule is COc1cc(NC(=O)NCCc2ccc(OC)c3ccccc23)ccc1N1CCOC1=O. The number of cyclic esters (lactones) is 1. The van der Waals surface area contributed by atoms with E-state index in [1.54, 1.807) is 25.3 Å². The molecule has 1 heterocycles. The second kappa shape index (κ2) is 9.47. The Hall–Kier alpha value is -3.94. The summed E-state index contributed by atoms with van der Waals surface area (Å²) >= 11 is 0. The smallest absolute Gasteiger partial charge is 0.414 e. The van der Waals surface area contributed by atoms with Crippen molar-refractivity contribution in [2.45, 2.75) is 6.42 Å². The van der Waals surface area contributed by atoms with E-state index in [0.29, 0.717) is 43.2 Å². The summed E-state index contributed by atoms with van der Waals surface area (Å²) in [5.41, 5.74) is 2.29. The van der Waals surface area contributed by atoms with Gasteiger partial charge in [-0.2, -0.15) is 0 Å². The first-order chi connectivity index (χ1) is 15.6. The molecule has 0 aromatic heterocycles. The molecule has 0 spiro atoms. The van der Waals surface area contributed by atoms with Crippen LogP contribution in [0.5, 0.6) is 11.5 Å². The summed E-state index contributed by atoms with van der Waals surface area (Å²) in [6.45, 7) is 1.27. The summed E-state index contributed by atoms with van der Waals surface area (Å²) < 4.78 is 15.8. The van der Waals surface area contributed by atoms with Gasteiger partial charge in [-0.1, -0.05) is 30.3 Å². The number of fused-ring (bicyclic) bond motifs is 1. The third-order valence-electron chi connectivity index (χ3n) is 5.36. The molecule has 1 aliphatic rings. The number of anilines is 2. The van der Waals surface area contributed by atoms with E-state index in [1.807, 2.05) is 30.3 Å². The number of nitrogens with zero attached hydrogens (tertiary/aromatic N) is 1. The van der Waals surface area contributed by atoms with Crippen LogP contribution in [0.25, 0.3) is 10.8 Å². The maximum absolute atomic E-state index is 12.4. The molecule has 1 saturated heterocycles. The first-order valence-electron chi connectivity index (χ1n) is 10.3. The lowest BCUT2D eigenvalue weighted by molar-refractivity contribution is 0.181. The Morgan fingerprint density at radius 3 is 2.53 bits per heavy atom. The highest BCUT2D eigenvalue weighted by Crippen LogP contribution is 2.33. The lowest BCUT2D eigenvalue weighted by atomic mass is 10.0. The number of carbonyl (C=O) groups is 2. The normalized spacial score (nSPS) is 13.1. The molecule has 3 amide bonds. The minimum absolute atomic E-state index is 0.321. The van der Waals surface area contributed by atoms with Gasteiger partial charge in [0.25, 0.3) is 0 Å². The number of methoxy groups -OCH3 is 2. The molecule has 0 bridgehead atoms. The molecular weight excluding hydrogens is 410 g/mol. The predicted octanol–water partition coefficient (Wildman–Crippen LogP) is 4.18. The summed E-state index contributed by atoms with van der Waals surface area (Å²) in [4.78, 5) is 25.7. The minimum atomic E-state index is -0.409. The van der Waals surface area contributed by atoms with E-state index < -0.39 is 6.09 Å². The number of rotatable bonds is 7. The molecule has 0 unspecified atom stereocenters. The average molecular weight is 435 g/mol. The molecule has 0 aliphatic carbocycles. The number of hydrogen-bond acceptors (Lipinski definition) is 5. The van der Waals surface area contributed by atoms with Crippen molar-refractivity contribution in [3.63, 3.8) is 0 Å². The predicted molar refractivity (Wildman–Crippen MR) is 123 cm³/mol. The van der Waals surface area contributed by atoms with Crippen molar-refractivity contribution in [3.05, 3.63) is 60.2 Å². The summed E-state index contributed by atoms with van der Waals surface area (Å²) in [6, 6.07) is 16.8. The zero-order chi connectivity index (χ0) is 22.5. The fraction of sp³-hybridized carbons (Fsp3) is 0.250. The van der Waals surface area contributed by atoms with Gasteiger partial charge in [-0.3, -0.25) is 4.90 Å². The largest absolute Gasteiger partial charge is 0.496 e. The fourth-order valence-electron chi connectivity index (χ4n) is 3.81. The summed E-state index contributed by atoms with van der Waals surface area (Å²) in [7, 11) is 3.18. The molecule has 1 fully saturated rings. The summed E-state index contributed by atoms with van der Waals surface area (Å²) in [5, 5.41) is 7.84. The number of amides is 3. The molecule has 8 nitrogen and oxygen atoms in total. The van der Waals surface area contributed by atoms with Crippen molar-refractivity contribution in [2.24, 2.45) is 0 Å². The molecule has 1 aliphatic heterocycles. The fourth-order valence-corrected chi connectivity index (χ4v) is 3.81. The van der Waals surface area contributed by atoms with Crippen LogP contribution in [-0.4, -0.2) is 46.0 Å². The molecule has 166 valence electrons. The van der Waals surface area contributed by atoms with Gasteiger partial charge in [0, 0.05) is 23.7 Å². The van der Waals surface area contributed by atoms with E-state index in [1.165, 1.54) is 12.0 Å². The zero-order valence-corrected chi connectivity index (χ0v) is 18.0. The van der Waals surface area contributed by atoms with Crippen molar-refractivity contribution in [2.75, 3.05) is 44.1 Å². The Bertz CT molecular complexity index is 1150. The molecule has 3 aromatic carbocycles. The van der Waals surface area contributed by atoms with Crippen molar-refractivity contribution in [1.82, 2.24) is 5.32 Å². The highest BCUT2D eigenvalue weighted by atomic mass is 16.6. The monoisotopic (exact) mass is 435 g/mol. The average Bonchev–Trinajstić information content (AvgIpc) is 3.24. The van der Waals surface area contributed by atoms with Crippen LogP contribution >= 0.6 is 0 Å². The number of carbonyl (C=O) groups excluding carboxylic acids is 2. The third kappa shape index (κ3) is 4.39. The number of ether oxygens (including phenoxy) is 3. The minimum Gasteiger partial charge on any atom is -0.496 e. The topological polar surface area (TPSA) is 89.1 Å². The lowest BCUT2D eigenvalue weighted by Gasteiger charge is -2.17. The highest BCUT2D eigenvalue weighted by molar-refractivity contribution is 5.94. The quantitative estimate of drug-likeness (QED) is 0.581. The molecule has 3 aromatic rings. The maximum Gasteiger partial charge on any atom is 0.414 e. The van der Waals surface area contributed by atoms with Gasteiger partial charge in [-0.25, -0.2) is 9.59 Å². The van der Waals surface area contributed by atoms with Gasteiger partial charge < -0.3 is 24.8 Å². The molecule has 8 heteroatoms. The standard InChI is InChI=1S/C24H25N3O5/c1-30-21-10-7-16(18-5-3-4-6-19(18)21)11-12-25-23(28)26-17-8-9-20(22(15-17)31-2)27-13-14-32-24(27)29/h3-10,15H,11-14H2,1-2H3,(H2,25,26,28). The van der Waals surface area contributed by atoms with Crippen LogP contribution in [0.3, 0.4) is 0 Å². The number of benzene rings is 3. The Morgan fingerprint density at radius 2 is 1.81 bits per heavy atom. The Morgan fingerprint density at radius 1 is 1.03 bits per heavy atom. The highest BCUT2D eigenvalue weighted by Gasteiger charge is 2.26. The van der Waals surface area contributed by atoms with Gasteiger partial charge >= 0.3 is 12.1 Å². The zero-order valence-electron chi connectivity index (χ0n) is 18.0. The third-order valence-corrected chi connectivity index (χ3v) is 5.36. The van der Waals surface area contributed by atoms with Crippen LogP contribution < -0.4 is 25.0 Å². The van der Waals surface area contributed by atoms with E-state index in [2.05, 4.69) is 16.7 Å². The maximum atomic E-state index is 12.4. The van der Waals surface area contributed by atoms with Crippen LogP contribution in [0.1, 0.15) is 5.56 Å². The van der Waals surface area contributed by atoms with Gasteiger partial charge in [-0.05, 0) is 35.6 Å². The van der Waals surface area contributed by atoms with E-state index in [-0.39, 0.29) is 6.03 Å².